The highest BCUT2D eigenvalue weighted by Gasteiger charge is 2.10. The first-order chi connectivity index (χ1) is 11.6. The summed E-state index contributed by atoms with van der Waals surface area (Å²) in [5, 5.41) is 9.00. The molecule has 0 radical (unpaired) electrons. The van der Waals surface area contributed by atoms with Crippen molar-refractivity contribution in [3.05, 3.63) is 81.4 Å². The minimum atomic E-state index is -0.508. The van der Waals surface area contributed by atoms with Crippen molar-refractivity contribution in [1.82, 2.24) is 9.38 Å². The molecule has 0 bridgehead atoms. The molecular weight excluding hydrogens is 308 g/mol. The second-order valence-corrected chi connectivity index (χ2v) is 5.40. The van der Waals surface area contributed by atoms with Crippen molar-refractivity contribution in [1.29, 1.82) is 0 Å². The zero-order valence-electron chi connectivity index (χ0n) is 13.1. The zero-order chi connectivity index (χ0) is 17.1. The molecule has 1 N–H and O–H groups in total. The van der Waals surface area contributed by atoms with E-state index in [2.05, 4.69) is 4.98 Å². The Morgan fingerprint density at radius 3 is 2.71 bits per heavy atom. The number of aromatic nitrogens is 2. The van der Waals surface area contributed by atoms with Gasteiger partial charge < -0.3 is 9.84 Å². The Hall–Kier alpha value is -2.99. The van der Waals surface area contributed by atoms with Crippen molar-refractivity contribution in [2.75, 3.05) is 0 Å². The van der Waals surface area contributed by atoms with Gasteiger partial charge in [-0.1, -0.05) is 18.2 Å². The third-order valence-electron chi connectivity index (χ3n) is 3.66. The summed E-state index contributed by atoms with van der Waals surface area (Å²) in [5.41, 5.74) is 2.68. The number of aliphatic hydroxyl groups is 1. The highest BCUT2D eigenvalue weighted by atomic mass is 16.5. The molecule has 0 saturated carbocycles. The Morgan fingerprint density at radius 1 is 1.25 bits per heavy atom. The number of aryl methyl sites for hydroxylation is 1. The summed E-state index contributed by atoms with van der Waals surface area (Å²) < 4.78 is 6.67. The Balaban J connectivity index is 1.78. The number of aliphatic hydroxyl groups excluding tert-OH is 1. The van der Waals surface area contributed by atoms with E-state index in [0.717, 1.165) is 5.56 Å². The van der Waals surface area contributed by atoms with Crippen molar-refractivity contribution < 1.29 is 14.6 Å². The fraction of sp³-hybridized carbons (Fsp3) is 0.167. The van der Waals surface area contributed by atoms with Crippen LogP contribution >= 0.6 is 0 Å². The molecule has 0 amide bonds. The zero-order valence-corrected chi connectivity index (χ0v) is 13.1. The lowest BCUT2D eigenvalue weighted by molar-refractivity contribution is 0.0467. The number of nitrogens with zero attached hydrogens (tertiary/aromatic N) is 2. The van der Waals surface area contributed by atoms with E-state index in [0.29, 0.717) is 22.5 Å². The van der Waals surface area contributed by atoms with Gasteiger partial charge in [0.2, 0.25) is 0 Å². The number of pyridine rings is 1. The second kappa shape index (κ2) is 6.64. The van der Waals surface area contributed by atoms with Crippen molar-refractivity contribution in [2.24, 2.45) is 0 Å². The van der Waals surface area contributed by atoms with Crippen molar-refractivity contribution in [3.63, 3.8) is 0 Å². The smallest absolute Gasteiger partial charge is 0.338 e. The third-order valence-corrected chi connectivity index (χ3v) is 3.66. The van der Waals surface area contributed by atoms with E-state index >= 15 is 0 Å². The molecule has 1 aromatic carbocycles. The average Bonchev–Trinajstić information content (AvgIpc) is 2.60. The predicted octanol–water partition coefficient (Wildman–Crippen LogP) is 1.85. The van der Waals surface area contributed by atoms with Crippen molar-refractivity contribution >= 4 is 11.6 Å². The number of benzene rings is 1. The van der Waals surface area contributed by atoms with Gasteiger partial charge in [0.25, 0.3) is 5.56 Å². The van der Waals surface area contributed by atoms with Crippen LogP contribution in [0.3, 0.4) is 0 Å². The van der Waals surface area contributed by atoms with Gasteiger partial charge in [-0.3, -0.25) is 9.20 Å². The number of carbonyl (C=O) groups excluding carboxylic acids is 1. The van der Waals surface area contributed by atoms with Gasteiger partial charge in [-0.05, 0) is 36.2 Å². The van der Waals surface area contributed by atoms with E-state index in [-0.39, 0.29) is 18.8 Å². The van der Waals surface area contributed by atoms with Crippen LogP contribution in [0.2, 0.25) is 0 Å². The maximum Gasteiger partial charge on any atom is 0.338 e. The summed E-state index contributed by atoms with van der Waals surface area (Å²) in [7, 11) is 0. The minimum Gasteiger partial charge on any atom is -0.456 e. The molecule has 6 nitrogen and oxygen atoms in total. The van der Waals surface area contributed by atoms with Gasteiger partial charge >= 0.3 is 5.97 Å². The molecule has 0 spiro atoms. The summed E-state index contributed by atoms with van der Waals surface area (Å²) in [6, 6.07) is 11.5. The normalized spacial score (nSPS) is 10.8. The molecule has 6 heteroatoms. The molecule has 0 aliphatic carbocycles. The molecule has 2 heterocycles. The van der Waals surface area contributed by atoms with Crippen LogP contribution in [0.1, 0.15) is 27.2 Å². The predicted molar refractivity (Wildman–Crippen MR) is 87.7 cm³/mol. The lowest BCUT2D eigenvalue weighted by atomic mass is 10.1. The summed E-state index contributed by atoms with van der Waals surface area (Å²) in [4.78, 5) is 28.5. The first-order valence-corrected chi connectivity index (χ1v) is 7.43. The van der Waals surface area contributed by atoms with Crippen LogP contribution in [0.15, 0.2) is 53.5 Å². The van der Waals surface area contributed by atoms with E-state index < -0.39 is 5.97 Å². The van der Waals surface area contributed by atoms with Gasteiger partial charge in [0.1, 0.15) is 12.3 Å². The summed E-state index contributed by atoms with van der Waals surface area (Å²) in [6.07, 6.45) is 1.65. The maximum absolute atomic E-state index is 12.1. The van der Waals surface area contributed by atoms with E-state index in [4.69, 9.17) is 9.84 Å². The van der Waals surface area contributed by atoms with Gasteiger partial charge in [-0.2, -0.15) is 0 Å². The van der Waals surface area contributed by atoms with Crippen molar-refractivity contribution in [3.8, 4) is 0 Å². The molecule has 2 aromatic heterocycles. The number of carbonyl (C=O) groups is 1. The average molecular weight is 324 g/mol. The molecule has 0 aliphatic heterocycles. The van der Waals surface area contributed by atoms with Crippen LogP contribution in [-0.4, -0.2) is 20.5 Å². The Kier molecular flexibility index (Phi) is 4.39. The molecule has 0 atom stereocenters. The van der Waals surface area contributed by atoms with Gasteiger partial charge in [0.15, 0.2) is 0 Å². The van der Waals surface area contributed by atoms with Crippen molar-refractivity contribution in [2.45, 2.75) is 20.1 Å². The van der Waals surface area contributed by atoms with Gasteiger partial charge in [0.05, 0.1) is 17.9 Å². The lowest BCUT2D eigenvalue weighted by Crippen LogP contribution is -2.17. The molecule has 0 unspecified atom stereocenters. The highest BCUT2D eigenvalue weighted by molar-refractivity contribution is 5.89. The van der Waals surface area contributed by atoms with Gasteiger partial charge in [-0.15, -0.1) is 0 Å². The largest absolute Gasteiger partial charge is 0.456 e. The fourth-order valence-electron chi connectivity index (χ4n) is 2.35. The van der Waals surface area contributed by atoms with Crippen LogP contribution in [0, 0.1) is 6.92 Å². The summed E-state index contributed by atoms with van der Waals surface area (Å²) in [5.74, 6) is -0.508. The summed E-state index contributed by atoms with van der Waals surface area (Å²) in [6.45, 7) is 1.70. The first kappa shape index (κ1) is 15.9. The van der Waals surface area contributed by atoms with Crippen LogP contribution < -0.4 is 5.56 Å². The van der Waals surface area contributed by atoms with E-state index in [1.54, 1.807) is 36.5 Å². The number of hydrogen-bond acceptors (Lipinski definition) is 5. The SMILES string of the molecule is Cc1cccn2c(=O)cc(COC(=O)c3ccc(CO)cc3)nc12. The molecule has 0 fully saturated rings. The standard InChI is InChI=1S/C18H16N2O4/c1-12-3-2-8-20-16(22)9-15(19-17(12)20)11-24-18(23)14-6-4-13(10-21)5-7-14/h2-9,21H,10-11H2,1H3. The molecule has 0 aliphatic rings. The van der Waals surface area contributed by atoms with E-state index in [1.807, 2.05) is 13.0 Å². The minimum absolute atomic E-state index is 0.0827. The Bertz CT molecular complexity index is 945. The van der Waals surface area contributed by atoms with Crippen LogP contribution in [0.25, 0.3) is 5.65 Å². The van der Waals surface area contributed by atoms with Crippen LogP contribution in [-0.2, 0) is 18.0 Å². The fourth-order valence-corrected chi connectivity index (χ4v) is 2.35. The van der Waals surface area contributed by atoms with Crippen LogP contribution in [0.5, 0.6) is 0 Å². The molecule has 24 heavy (non-hydrogen) atoms. The van der Waals surface area contributed by atoms with Gasteiger partial charge in [0, 0.05) is 12.3 Å². The number of ether oxygens (including phenoxy) is 1. The number of rotatable bonds is 4. The maximum atomic E-state index is 12.1. The Morgan fingerprint density at radius 2 is 2.00 bits per heavy atom. The van der Waals surface area contributed by atoms with E-state index in [1.165, 1.54) is 10.5 Å². The number of hydrogen-bond donors (Lipinski definition) is 1. The topological polar surface area (TPSA) is 80.9 Å². The summed E-state index contributed by atoms with van der Waals surface area (Å²) >= 11 is 0. The lowest BCUT2D eigenvalue weighted by Gasteiger charge is -2.07. The number of fused-ring (bicyclic) bond motifs is 1. The molecule has 122 valence electrons. The Labute approximate surface area is 138 Å². The number of esters is 1. The first-order valence-electron chi connectivity index (χ1n) is 7.43. The third kappa shape index (κ3) is 3.18. The molecule has 3 aromatic rings. The second-order valence-electron chi connectivity index (χ2n) is 5.40. The van der Waals surface area contributed by atoms with Gasteiger partial charge in [-0.25, -0.2) is 9.78 Å². The van der Waals surface area contributed by atoms with Crippen LogP contribution in [0.4, 0.5) is 0 Å². The molecule has 3 rings (SSSR count). The monoisotopic (exact) mass is 324 g/mol. The van der Waals surface area contributed by atoms with E-state index in [9.17, 15) is 9.59 Å². The molecular formula is C18H16N2O4. The highest BCUT2D eigenvalue weighted by Crippen LogP contribution is 2.09. The molecule has 0 saturated heterocycles. The quantitative estimate of drug-likeness (QED) is 0.741.